The van der Waals surface area contributed by atoms with Crippen LogP contribution in [0.1, 0.15) is 21.9 Å². The van der Waals surface area contributed by atoms with Gasteiger partial charge in [-0.3, -0.25) is 14.9 Å². The van der Waals surface area contributed by atoms with Crippen molar-refractivity contribution >= 4 is 40.1 Å². The molecule has 1 aliphatic heterocycles. The third-order valence-electron chi connectivity index (χ3n) is 5.61. The molecule has 3 heterocycles. The largest absolute Gasteiger partial charge is 0.447 e. The molecule has 174 valence electrons. The maximum atomic E-state index is 12.9. The molecule has 0 bridgehead atoms. The Kier molecular flexibility index (Phi) is 5.93. The van der Waals surface area contributed by atoms with E-state index in [1.165, 1.54) is 30.2 Å². The summed E-state index contributed by atoms with van der Waals surface area (Å²) in [6.07, 6.45) is 1.39. The highest BCUT2D eigenvalue weighted by Crippen LogP contribution is 2.27. The Hall–Kier alpha value is -3.86. The zero-order valence-corrected chi connectivity index (χ0v) is 19.2. The first-order chi connectivity index (χ1) is 16.5. The monoisotopic (exact) mass is 479 g/mol. The number of fused-ring (bicyclic) bond motifs is 1. The summed E-state index contributed by atoms with van der Waals surface area (Å²) >= 11 is 1.36. The SMILES string of the molecule is Cc1ccc2oc(SCc3nc(C(=O)N4CCN(c5ccc([N+](=O)[O-])cc5)CC4)co3)nc2c1. The van der Waals surface area contributed by atoms with E-state index in [-0.39, 0.29) is 17.3 Å². The van der Waals surface area contributed by atoms with Crippen LogP contribution in [0, 0.1) is 17.0 Å². The molecule has 10 nitrogen and oxygen atoms in total. The van der Waals surface area contributed by atoms with Crippen molar-refractivity contribution in [3.8, 4) is 0 Å². The minimum absolute atomic E-state index is 0.0590. The number of nitrogens with zero attached hydrogens (tertiary/aromatic N) is 5. The number of nitro benzene ring substituents is 1. The molecule has 0 atom stereocenters. The minimum atomic E-state index is -0.418. The second-order valence-corrected chi connectivity index (χ2v) is 8.85. The van der Waals surface area contributed by atoms with Gasteiger partial charge in [-0.2, -0.15) is 0 Å². The average molecular weight is 480 g/mol. The number of carbonyl (C=O) groups excluding carboxylic acids is 1. The molecule has 2 aromatic carbocycles. The Morgan fingerprint density at radius 1 is 1.12 bits per heavy atom. The Morgan fingerprint density at radius 2 is 1.88 bits per heavy atom. The molecule has 0 N–H and O–H groups in total. The zero-order chi connectivity index (χ0) is 23.7. The first-order valence-corrected chi connectivity index (χ1v) is 11.7. The van der Waals surface area contributed by atoms with Gasteiger partial charge in [-0.05, 0) is 36.8 Å². The normalized spacial score (nSPS) is 14.0. The number of thioether (sulfide) groups is 1. The first-order valence-electron chi connectivity index (χ1n) is 10.7. The van der Waals surface area contributed by atoms with E-state index < -0.39 is 4.92 Å². The van der Waals surface area contributed by atoms with E-state index in [0.29, 0.717) is 43.0 Å². The van der Waals surface area contributed by atoms with Gasteiger partial charge in [0.1, 0.15) is 11.8 Å². The van der Waals surface area contributed by atoms with Gasteiger partial charge < -0.3 is 18.6 Å². The van der Waals surface area contributed by atoms with Gasteiger partial charge in [-0.1, -0.05) is 17.8 Å². The molecular formula is C23H21N5O5S. The quantitative estimate of drug-likeness (QED) is 0.227. The molecule has 1 fully saturated rings. The summed E-state index contributed by atoms with van der Waals surface area (Å²) in [7, 11) is 0. The van der Waals surface area contributed by atoms with Crippen LogP contribution in [-0.2, 0) is 5.75 Å². The molecule has 34 heavy (non-hydrogen) atoms. The summed E-state index contributed by atoms with van der Waals surface area (Å²) < 4.78 is 11.2. The summed E-state index contributed by atoms with van der Waals surface area (Å²) in [5.74, 6) is 0.643. The van der Waals surface area contributed by atoms with Crippen molar-refractivity contribution in [2.45, 2.75) is 17.9 Å². The lowest BCUT2D eigenvalue weighted by Gasteiger charge is -2.35. The van der Waals surface area contributed by atoms with Gasteiger partial charge in [-0.15, -0.1) is 0 Å². The number of benzene rings is 2. The van der Waals surface area contributed by atoms with E-state index in [2.05, 4.69) is 14.9 Å². The highest BCUT2D eigenvalue weighted by Gasteiger charge is 2.25. The van der Waals surface area contributed by atoms with Gasteiger partial charge in [0, 0.05) is 44.0 Å². The smallest absolute Gasteiger partial charge is 0.275 e. The number of non-ortho nitro benzene ring substituents is 1. The number of nitro groups is 1. The molecule has 2 aromatic heterocycles. The number of aryl methyl sites for hydroxylation is 1. The van der Waals surface area contributed by atoms with Crippen molar-refractivity contribution in [3.05, 3.63) is 76.0 Å². The average Bonchev–Trinajstić information content (AvgIpc) is 3.49. The summed E-state index contributed by atoms with van der Waals surface area (Å²) in [4.78, 5) is 35.9. The van der Waals surface area contributed by atoms with E-state index in [1.807, 2.05) is 25.1 Å². The topological polar surface area (TPSA) is 119 Å². The molecule has 0 unspecified atom stereocenters. The zero-order valence-electron chi connectivity index (χ0n) is 18.3. The highest BCUT2D eigenvalue weighted by atomic mass is 32.2. The number of anilines is 1. The van der Waals surface area contributed by atoms with E-state index in [0.717, 1.165) is 22.4 Å². The summed E-state index contributed by atoms with van der Waals surface area (Å²) in [5, 5.41) is 11.4. The predicted octanol–water partition coefficient (Wildman–Crippen LogP) is 4.29. The number of aromatic nitrogens is 2. The second-order valence-electron chi connectivity index (χ2n) is 7.92. The second kappa shape index (κ2) is 9.18. The molecule has 0 aliphatic carbocycles. The number of amides is 1. The van der Waals surface area contributed by atoms with E-state index in [4.69, 9.17) is 8.83 Å². The summed E-state index contributed by atoms with van der Waals surface area (Å²) in [5.41, 5.74) is 3.87. The van der Waals surface area contributed by atoms with Gasteiger partial charge in [0.25, 0.3) is 16.8 Å². The molecule has 0 saturated carbocycles. The van der Waals surface area contributed by atoms with Gasteiger partial charge in [0.15, 0.2) is 11.3 Å². The molecule has 1 amide bonds. The lowest BCUT2D eigenvalue weighted by molar-refractivity contribution is -0.384. The third-order valence-corrected chi connectivity index (χ3v) is 6.42. The Labute approximate surface area is 198 Å². The predicted molar refractivity (Wildman–Crippen MR) is 126 cm³/mol. The third kappa shape index (κ3) is 4.60. The molecule has 0 spiro atoms. The molecule has 1 aliphatic rings. The van der Waals surface area contributed by atoms with E-state index in [9.17, 15) is 14.9 Å². The van der Waals surface area contributed by atoms with Gasteiger partial charge in [0.2, 0.25) is 5.89 Å². The lowest BCUT2D eigenvalue weighted by Crippen LogP contribution is -2.48. The molecule has 5 rings (SSSR count). The van der Waals surface area contributed by atoms with Crippen LogP contribution in [0.5, 0.6) is 0 Å². The van der Waals surface area contributed by atoms with Crippen LogP contribution in [0.2, 0.25) is 0 Å². The molecular weight excluding hydrogens is 458 g/mol. The van der Waals surface area contributed by atoms with E-state index >= 15 is 0 Å². The van der Waals surface area contributed by atoms with Crippen molar-refractivity contribution in [2.75, 3.05) is 31.1 Å². The number of oxazole rings is 2. The fraction of sp³-hybridized carbons (Fsp3) is 0.261. The van der Waals surface area contributed by atoms with Gasteiger partial charge >= 0.3 is 0 Å². The number of piperazine rings is 1. The van der Waals surface area contributed by atoms with Crippen LogP contribution in [0.4, 0.5) is 11.4 Å². The highest BCUT2D eigenvalue weighted by molar-refractivity contribution is 7.98. The van der Waals surface area contributed by atoms with Crippen molar-refractivity contribution in [1.82, 2.24) is 14.9 Å². The van der Waals surface area contributed by atoms with E-state index in [1.54, 1.807) is 17.0 Å². The minimum Gasteiger partial charge on any atom is -0.447 e. The number of hydrogen-bond donors (Lipinski definition) is 0. The summed E-state index contributed by atoms with van der Waals surface area (Å²) in [6, 6.07) is 12.3. The Morgan fingerprint density at radius 3 is 2.62 bits per heavy atom. The van der Waals surface area contributed by atoms with Gasteiger partial charge in [-0.25, -0.2) is 9.97 Å². The van der Waals surface area contributed by atoms with Crippen molar-refractivity contribution in [3.63, 3.8) is 0 Å². The summed E-state index contributed by atoms with van der Waals surface area (Å²) in [6.45, 7) is 4.30. The fourth-order valence-electron chi connectivity index (χ4n) is 3.79. The lowest BCUT2D eigenvalue weighted by atomic mass is 10.2. The van der Waals surface area contributed by atoms with Crippen LogP contribution in [0.3, 0.4) is 0 Å². The molecule has 11 heteroatoms. The standard InChI is InChI=1S/C23H21N5O5S/c1-15-2-7-20-18(12-15)25-23(33-20)34-14-21-24-19(13-32-21)22(29)27-10-8-26(9-11-27)16-3-5-17(6-4-16)28(30)31/h2-7,12-13H,8-11,14H2,1H3. The van der Waals surface area contributed by atoms with Crippen molar-refractivity contribution < 1.29 is 18.6 Å². The van der Waals surface area contributed by atoms with Crippen LogP contribution in [0.25, 0.3) is 11.1 Å². The van der Waals surface area contributed by atoms with Gasteiger partial charge in [0.05, 0.1) is 10.7 Å². The molecule has 0 radical (unpaired) electrons. The van der Waals surface area contributed by atoms with Crippen LogP contribution in [0.15, 0.2) is 62.8 Å². The van der Waals surface area contributed by atoms with Crippen LogP contribution >= 0.6 is 11.8 Å². The number of carbonyl (C=O) groups is 1. The Bertz CT molecular complexity index is 1340. The van der Waals surface area contributed by atoms with Crippen molar-refractivity contribution in [2.24, 2.45) is 0 Å². The number of hydrogen-bond acceptors (Lipinski definition) is 9. The number of rotatable bonds is 6. The van der Waals surface area contributed by atoms with Crippen molar-refractivity contribution in [1.29, 1.82) is 0 Å². The fourth-order valence-corrected chi connectivity index (χ4v) is 4.48. The van der Waals surface area contributed by atoms with Crippen LogP contribution < -0.4 is 4.90 Å². The maximum Gasteiger partial charge on any atom is 0.275 e. The molecule has 1 saturated heterocycles. The first kappa shape index (κ1) is 22.0. The maximum absolute atomic E-state index is 12.9. The van der Waals surface area contributed by atoms with Crippen LogP contribution in [-0.4, -0.2) is 51.9 Å². The Balaban J connectivity index is 1.16. The molecule has 4 aromatic rings.